The number of nitro benzene ring substituents is 1. The van der Waals surface area contributed by atoms with Crippen LogP contribution in [0, 0.1) is 10.1 Å². The number of nitro groups is 1. The molecule has 12 heteroatoms. The molecule has 30 heavy (non-hydrogen) atoms. The van der Waals surface area contributed by atoms with E-state index in [9.17, 15) is 20.0 Å². The molecular weight excluding hydrogens is 453 g/mol. The molecule has 1 heterocycles. The van der Waals surface area contributed by atoms with Crippen LogP contribution >= 0.6 is 34.5 Å². The highest BCUT2D eigenvalue weighted by Gasteiger charge is 2.20. The Labute approximate surface area is 184 Å². The highest BCUT2D eigenvalue weighted by atomic mass is 35.5. The molecule has 0 radical (unpaired) electrons. The monoisotopic (exact) mass is 465 g/mol. The second-order valence-corrected chi connectivity index (χ2v) is 7.72. The van der Waals surface area contributed by atoms with Gasteiger partial charge in [-0.3, -0.25) is 10.1 Å². The van der Waals surface area contributed by atoms with Crippen molar-refractivity contribution in [3.05, 3.63) is 67.5 Å². The predicted octanol–water partition coefficient (Wildman–Crippen LogP) is 5.39. The number of azo groups is 1. The van der Waals surface area contributed by atoms with Gasteiger partial charge in [-0.15, -0.1) is 16.5 Å². The van der Waals surface area contributed by atoms with E-state index in [2.05, 4.69) is 15.2 Å². The summed E-state index contributed by atoms with van der Waals surface area (Å²) in [5, 5.41) is 31.0. The standard InChI is InChI=1S/C18H13Cl2N5O4S/c19-11-3-2-10(7-12(11)20)15-8-30-18(22-15)24-23-14(17(26)27)5-9-1-4-13(21)16(6-9)25(28)29/h1-4,6-8,14H,5,21H2,(H,26,27)/t14-/m0/s1. The number of hydrogen-bond acceptors (Lipinski definition) is 8. The van der Waals surface area contributed by atoms with Gasteiger partial charge in [-0.1, -0.05) is 35.3 Å². The molecule has 154 valence electrons. The zero-order chi connectivity index (χ0) is 21.8. The van der Waals surface area contributed by atoms with Gasteiger partial charge in [-0.2, -0.15) is 5.11 Å². The molecular formula is C18H13Cl2N5O4S. The molecule has 1 atom stereocenters. The third kappa shape index (κ3) is 5.09. The second-order valence-electron chi connectivity index (χ2n) is 6.07. The normalized spacial score (nSPS) is 12.2. The summed E-state index contributed by atoms with van der Waals surface area (Å²) in [6.45, 7) is 0. The van der Waals surface area contributed by atoms with Crippen LogP contribution in [-0.4, -0.2) is 27.0 Å². The molecule has 0 saturated heterocycles. The topological polar surface area (TPSA) is 144 Å². The maximum absolute atomic E-state index is 11.6. The maximum atomic E-state index is 11.6. The van der Waals surface area contributed by atoms with Gasteiger partial charge in [-0.25, -0.2) is 9.78 Å². The lowest BCUT2D eigenvalue weighted by Gasteiger charge is -2.07. The molecule has 0 fully saturated rings. The number of carboxylic acids is 1. The van der Waals surface area contributed by atoms with Crippen LogP contribution in [-0.2, 0) is 11.2 Å². The second kappa shape index (κ2) is 9.16. The van der Waals surface area contributed by atoms with Gasteiger partial charge in [0.2, 0.25) is 5.13 Å². The molecule has 0 saturated carbocycles. The van der Waals surface area contributed by atoms with Gasteiger partial charge in [-0.05, 0) is 23.8 Å². The number of benzene rings is 2. The van der Waals surface area contributed by atoms with E-state index >= 15 is 0 Å². The van der Waals surface area contributed by atoms with Crippen LogP contribution in [0.4, 0.5) is 16.5 Å². The zero-order valence-electron chi connectivity index (χ0n) is 15.0. The molecule has 0 bridgehead atoms. The van der Waals surface area contributed by atoms with E-state index in [4.69, 9.17) is 28.9 Å². The van der Waals surface area contributed by atoms with Gasteiger partial charge < -0.3 is 10.8 Å². The summed E-state index contributed by atoms with van der Waals surface area (Å²) in [5.41, 5.74) is 6.98. The van der Waals surface area contributed by atoms with Crippen molar-refractivity contribution in [1.29, 1.82) is 0 Å². The molecule has 3 N–H and O–H groups in total. The van der Waals surface area contributed by atoms with Crippen molar-refractivity contribution >= 4 is 57.0 Å². The molecule has 0 unspecified atom stereocenters. The SMILES string of the molecule is Nc1ccc(C[C@H](N=Nc2nc(-c3ccc(Cl)c(Cl)c3)cs2)C(=O)O)cc1[N+](=O)[O-]. The lowest BCUT2D eigenvalue weighted by atomic mass is 10.1. The third-order valence-electron chi connectivity index (χ3n) is 4.00. The van der Waals surface area contributed by atoms with E-state index in [1.807, 2.05) is 0 Å². The van der Waals surface area contributed by atoms with Gasteiger partial charge in [0.1, 0.15) is 5.69 Å². The zero-order valence-corrected chi connectivity index (χ0v) is 17.4. The number of hydrogen-bond donors (Lipinski definition) is 2. The van der Waals surface area contributed by atoms with Crippen LogP contribution in [0.3, 0.4) is 0 Å². The first-order valence-electron chi connectivity index (χ1n) is 8.32. The Bertz CT molecular complexity index is 1150. The smallest absolute Gasteiger partial charge is 0.330 e. The summed E-state index contributed by atoms with van der Waals surface area (Å²) < 4.78 is 0. The summed E-state index contributed by atoms with van der Waals surface area (Å²) in [5.74, 6) is -1.22. The average Bonchev–Trinajstić information content (AvgIpc) is 3.17. The predicted molar refractivity (Wildman–Crippen MR) is 115 cm³/mol. The number of nitrogen functional groups attached to an aromatic ring is 1. The highest BCUT2D eigenvalue weighted by molar-refractivity contribution is 7.13. The van der Waals surface area contributed by atoms with Crippen LogP contribution in [0.15, 0.2) is 52.0 Å². The van der Waals surface area contributed by atoms with E-state index in [0.29, 0.717) is 21.3 Å². The largest absolute Gasteiger partial charge is 0.480 e. The van der Waals surface area contributed by atoms with Crippen LogP contribution in [0.5, 0.6) is 0 Å². The fourth-order valence-electron chi connectivity index (χ4n) is 2.49. The Hall–Kier alpha value is -3.08. The van der Waals surface area contributed by atoms with Gasteiger partial charge in [0.15, 0.2) is 6.04 Å². The van der Waals surface area contributed by atoms with Crippen LogP contribution in [0.1, 0.15) is 5.56 Å². The Morgan fingerprint density at radius 3 is 2.70 bits per heavy atom. The number of aromatic nitrogens is 1. The number of nitrogens with two attached hydrogens (primary N) is 1. The fourth-order valence-corrected chi connectivity index (χ4v) is 3.44. The number of carbonyl (C=O) groups is 1. The summed E-state index contributed by atoms with van der Waals surface area (Å²) in [6.07, 6.45) is -0.0923. The Kier molecular flexibility index (Phi) is 6.60. The molecule has 3 aromatic rings. The van der Waals surface area contributed by atoms with Crippen LogP contribution < -0.4 is 5.73 Å². The fraction of sp³-hybridized carbons (Fsp3) is 0.111. The van der Waals surface area contributed by atoms with Gasteiger partial charge in [0.05, 0.1) is 20.7 Å². The molecule has 9 nitrogen and oxygen atoms in total. The van der Waals surface area contributed by atoms with Crippen molar-refractivity contribution in [2.45, 2.75) is 12.5 Å². The summed E-state index contributed by atoms with van der Waals surface area (Å²) in [4.78, 5) is 26.2. The number of halogens is 2. The Balaban J connectivity index is 1.78. The molecule has 3 rings (SSSR count). The number of rotatable bonds is 7. The molecule has 0 spiro atoms. The van der Waals surface area contributed by atoms with E-state index in [-0.39, 0.29) is 22.9 Å². The number of nitrogens with zero attached hydrogens (tertiary/aromatic N) is 4. The van der Waals surface area contributed by atoms with E-state index in [1.165, 1.54) is 29.5 Å². The van der Waals surface area contributed by atoms with Crippen molar-refractivity contribution in [2.24, 2.45) is 10.2 Å². The Morgan fingerprint density at radius 1 is 1.27 bits per heavy atom. The summed E-state index contributed by atoms with van der Waals surface area (Å²) in [6, 6.07) is 7.91. The van der Waals surface area contributed by atoms with Crippen LogP contribution in [0.25, 0.3) is 11.3 Å². The number of aliphatic carboxylic acids is 1. The lowest BCUT2D eigenvalue weighted by molar-refractivity contribution is -0.384. The van der Waals surface area contributed by atoms with Gasteiger partial charge >= 0.3 is 5.97 Å². The van der Waals surface area contributed by atoms with E-state index in [1.54, 1.807) is 23.6 Å². The minimum Gasteiger partial charge on any atom is -0.480 e. The Morgan fingerprint density at radius 2 is 2.03 bits per heavy atom. The van der Waals surface area contributed by atoms with Gasteiger partial charge in [0, 0.05) is 23.4 Å². The first-order valence-corrected chi connectivity index (χ1v) is 9.95. The number of carboxylic acid groups (broad SMARTS) is 1. The van der Waals surface area contributed by atoms with Gasteiger partial charge in [0.25, 0.3) is 5.69 Å². The first-order chi connectivity index (χ1) is 14.2. The third-order valence-corrected chi connectivity index (χ3v) is 5.46. The van der Waals surface area contributed by atoms with Crippen molar-refractivity contribution < 1.29 is 14.8 Å². The molecule has 0 amide bonds. The van der Waals surface area contributed by atoms with E-state index < -0.39 is 16.9 Å². The van der Waals surface area contributed by atoms with Crippen molar-refractivity contribution in [1.82, 2.24) is 4.98 Å². The van der Waals surface area contributed by atoms with E-state index in [0.717, 1.165) is 5.56 Å². The summed E-state index contributed by atoms with van der Waals surface area (Å²) in [7, 11) is 0. The average molecular weight is 466 g/mol. The quantitative estimate of drug-likeness (QED) is 0.207. The summed E-state index contributed by atoms with van der Waals surface area (Å²) >= 11 is 13.1. The molecule has 0 aliphatic rings. The first kappa shape index (κ1) is 21.6. The lowest BCUT2D eigenvalue weighted by Crippen LogP contribution is -2.20. The van der Waals surface area contributed by atoms with Crippen molar-refractivity contribution in [3.8, 4) is 11.3 Å². The van der Waals surface area contributed by atoms with Crippen molar-refractivity contribution in [2.75, 3.05) is 5.73 Å². The molecule has 0 aliphatic carbocycles. The highest BCUT2D eigenvalue weighted by Crippen LogP contribution is 2.31. The minimum atomic E-state index is -1.24. The molecule has 2 aromatic carbocycles. The maximum Gasteiger partial charge on any atom is 0.330 e. The molecule has 0 aliphatic heterocycles. The van der Waals surface area contributed by atoms with Crippen LogP contribution in [0.2, 0.25) is 10.0 Å². The minimum absolute atomic E-state index is 0.00475. The number of anilines is 1. The molecule has 1 aromatic heterocycles. The van der Waals surface area contributed by atoms with Crippen molar-refractivity contribution in [3.63, 3.8) is 0 Å². The number of thiazole rings is 1.